The van der Waals surface area contributed by atoms with Gasteiger partial charge in [0.15, 0.2) is 0 Å². The van der Waals surface area contributed by atoms with Gasteiger partial charge in [-0.1, -0.05) is 13.8 Å². The number of hydrogen-bond donors (Lipinski definition) is 2. The Morgan fingerprint density at radius 3 is 2.29 bits per heavy atom. The first-order valence-electron chi connectivity index (χ1n) is 7.26. The van der Waals surface area contributed by atoms with Gasteiger partial charge in [-0.05, 0) is 36.7 Å². The topological polar surface area (TPSA) is 81.4 Å². The Bertz CT molecular complexity index is 546. The molecule has 0 aliphatic rings. The summed E-state index contributed by atoms with van der Waals surface area (Å²) in [6.07, 6.45) is -3.85. The minimum atomic E-state index is -4.53. The third-order valence-corrected chi connectivity index (χ3v) is 3.09. The van der Waals surface area contributed by atoms with E-state index in [1.807, 2.05) is 5.32 Å². The SMILES string of the molecule is CN.COc1cc(CC=O)cc(C(=O)NC(C(C)C)C(F)(F)F)c1. The standard InChI is InChI=1S/C15H18F3NO3.CH5N/c1-9(2)13(15(16,17)18)19-14(21)11-6-10(4-5-20)7-12(8-11)22-3;1-2/h5-9,13H,4H2,1-3H3,(H,19,21);2H2,1H3. The number of halogens is 3. The molecule has 1 aromatic rings. The van der Waals surface area contributed by atoms with Crippen LogP contribution in [0.1, 0.15) is 29.8 Å². The summed E-state index contributed by atoms with van der Waals surface area (Å²) in [6, 6.07) is 2.31. The molecule has 8 heteroatoms. The van der Waals surface area contributed by atoms with Crippen molar-refractivity contribution in [2.75, 3.05) is 14.2 Å². The molecule has 3 N–H and O–H groups in total. The number of carbonyl (C=O) groups excluding carboxylic acids is 2. The van der Waals surface area contributed by atoms with Gasteiger partial charge in [-0.3, -0.25) is 4.79 Å². The summed E-state index contributed by atoms with van der Waals surface area (Å²) in [5.74, 6) is -1.36. The van der Waals surface area contributed by atoms with Gasteiger partial charge in [0.2, 0.25) is 0 Å². The van der Waals surface area contributed by atoms with Crippen molar-refractivity contribution in [3.63, 3.8) is 0 Å². The van der Waals surface area contributed by atoms with Crippen LogP contribution in [0.5, 0.6) is 5.75 Å². The number of hydrogen-bond acceptors (Lipinski definition) is 4. The fourth-order valence-electron chi connectivity index (χ4n) is 1.97. The quantitative estimate of drug-likeness (QED) is 0.773. The molecule has 0 bridgehead atoms. The van der Waals surface area contributed by atoms with Crippen LogP contribution in [0.15, 0.2) is 18.2 Å². The fourth-order valence-corrected chi connectivity index (χ4v) is 1.97. The normalized spacial score (nSPS) is 12.0. The van der Waals surface area contributed by atoms with Crippen molar-refractivity contribution in [1.29, 1.82) is 0 Å². The van der Waals surface area contributed by atoms with Gasteiger partial charge in [-0.2, -0.15) is 13.2 Å². The van der Waals surface area contributed by atoms with Gasteiger partial charge in [-0.15, -0.1) is 0 Å². The summed E-state index contributed by atoms with van der Waals surface area (Å²) in [6.45, 7) is 2.75. The molecule has 1 atom stereocenters. The van der Waals surface area contributed by atoms with Gasteiger partial charge in [0.1, 0.15) is 18.1 Å². The van der Waals surface area contributed by atoms with E-state index in [-0.39, 0.29) is 12.0 Å². The van der Waals surface area contributed by atoms with Crippen LogP contribution in [0.2, 0.25) is 0 Å². The van der Waals surface area contributed by atoms with E-state index in [4.69, 9.17) is 4.74 Å². The summed E-state index contributed by atoms with van der Waals surface area (Å²) in [7, 11) is 2.87. The van der Waals surface area contributed by atoms with Crippen molar-refractivity contribution in [1.82, 2.24) is 5.32 Å². The number of methoxy groups -OCH3 is 1. The fraction of sp³-hybridized carbons (Fsp3) is 0.500. The largest absolute Gasteiger partial charge is 0.497 e. The van der Waals surface area contributed by atoms with E-state index < -0.39 is 24.0 Å². The monoisotopic (exact) mass is 348 g/mol. The maximum Gasteiger partial charge on any atom is 0.408 e. The number of carbonyl (C=O) groups is 2. The molecule has 0 aromatic heterocycles. The van der Waals surface area contributed by atoms with Crippen LogP contribution >= 0.6 is 0 Å². The van der Waals surface area contributed by atoms with Crippen molar-refractivity contribution < 1.29 is 27.5 Å². The summed E-state index contributed by atoms with van der Waals surface area (Å²) in [5.41, 5.74) is 5.01. The molecule has 1 amide bonds. The van der Waals surface area contributed by atoms with Crippen LogP contribution in [-0.2, 0) is 11.2 Å². The van der Waals surface area contributed by atoms with Crippen molar-refractivity contribution in [3.8, 4) is 5.75 Å². The zero-order valence-corrected chi connectivity index (χ0v) is 14.1. The van der Waals surface area contributed by atoms with Crippen molar-refractivity contribution in [2.45, 2.75) is 32.5 Å². The molecule has 5 nitrogen and oxygen atoms in total. The number of ether oxygens (including phenoxy) is 1. The average molecular weight is 348 g/mol. The lowest BCUT2D eigenvalue weighted by molar-refractivity contribution is -0.162. The molecule has 0 heterocycles. The predicted octanol–water partition coefficient (Wildman–Crippen LogP) is 2.33. The highest BCUT2D eigenvalue weighted by Gasteiger charge is 2.42. The number of alkyl halides is 3. The molecular formula is C16H23F3N2O3. The van der Waals surface area contributed by atoms with E-state index in [1.54, 1.807) is 6.07 Å². The summed E-state index contributed by atoms with van der Waals surface area (Å²) < 4.78 is 43.7. The summed E-state index contributed by atoms with van der Waals surface area (Å²) >= 11 is 0. The second-order valence-electron chi connectivity index (χ2n) is 5.18. The minimum absolute atomic E-state index is 0.0195. The Hall–Kier alpha value is -2.09. The van der Waals surface area contributed by atoms with Gasteiger partial charge >= 0.3 is 6.18 Å². The van der Waals surface area contributed by atoms with Crippen LogP contribution in [0.25, 0.3) is 0 Å². The number of nitrogens with one attached hydrogen (secondary N) is 1. The van der Waals surface area contributed by atoms with Crippen LogP contribution in [0.4, 0.5) is 13.2 Å². The van der Waals surface area contributed by atoms with Crippen molar-refractivity contribution in [3.05, 3.63) is 29.3 Å². The Kier molecular flexibility index (Phi) is 9.05. The lowest BCUT2D eigenvalue weighted by Crippen LogP contribution is -2.48. The molecule has 136 valence electrons. The van der Waals surface area contributed by atoms with E-state index in [1.165, 1.54) is 40.1 Å². The second-order valence-corrected chi connectivity index (χ2v) is 5.18. The number of nitrogens with two attached hydrogens (primary N) is 1. The molecular weight excluding hydrogens is 325 g/mol. The van der Waals surface area contributed by atoms with Crippen molar-refractivity contribution >= 4 is 12.2 Å². The Balaban J connectivity index is 0.00000254. The smallest absolute Gasteiger partial charge is 0.408 e. The lowest BCUT2D eigenvalue weighted by atomic mass is 10.0. The predicted molar refractivity (Wildman–Crippen MR) is 85.0 cm³/mol. The number of amides is 1. The van der Waals surface area contributed by atoms with E-state index in [0.717, 1.165) is 0 Å². The van der Waals surface area contributed by atoms with Crippen molar-refractivity contribution in [2.24, 2.45) is 11.7 Å². The second kappa shape index (κ2) is 9.92. The highest BCUT2D eigenvalue weighted by Crippen LogP contribution is 2.26. The first-order chi connectivity index (χ1) is 11.2. The van der Waals surface area contributed by atoms with Crippen LogP contribution in [0, 0.1) is 5.92 Å². The molecule has 1 unspecified atom stereocenters. The molecule has 1 rings (SSSR count). The number of aldehydes is 1. The molecule has 0 spiro atoms. The molecule has 24 heavy (non-hydrogen) atoms. The molecule has 0 aliphatic carbocycles. The van der Waals surface area contributed by atoms with Gasteiger partial charge in [0, 0.05) is 12.0 Å². The molecule has 0 fully saturated rings. The van der Waals surface area contributed by atoms with E-state index in [0.29, 0.717) is 17.6 Å². The zero-order chi connectivity index (χ0) is 18.9. The summed E-state index contributed by atoms with van der Waals surface area (Å²) in [5, 5.41) is 1.99. The van der Waals surface area contributed by atoms with Crippen LogP contribution in [0.3, 0.4) is 0 Å². The Labute approximate surface area is 139 Å². The zero-order valence-electron chi connectivity index (χ0n) is 14.1. The van der Waals surface area contributed by atoms with Gasteiger partial charge < -0.3 is 20.6 Å². The highest BCUT2D eigenvalue weighted by atomic mass is 19.4. The third kappa shape index (κ3) is 6.57. The van der Waals surface area contributed by atoms with Gasteiger partial charge in [0.05, 0.1) is 7.11 Å². The van der Waals surface area contributed by atoms with Gasteiger partial charge in [-0.25, -0.2) is 0 Å². The maximum atomic E-state index is 12.9. The van der Waals surface area contributed by atoms with E-state index >= 15 is 0 Å². The molecule has 1 aromatic carbocycles. The molecule has 0 saturated carbocycles. The van der Waals surface area contributed by atoms with Crippen LogP contribution in [-0.4, -0.2) is 38.6 Å². The molecule has 0 aliphatic heterocycles. The lowest BCUT2D eigenvalue weighted by Gasteiger charge is -2.25. The molecule has 0 radical (unpaired) electrons. The first kappa shape index (κ1) is 21.9. The first-order valence-corrected chi connectivity index (χ1v) is 7.26. The van der Waals surface area contributed by atoms with Gasteiger partial charge in [0.25, 0.3) is 5.91 Å². The van der Waals surface area contributed by atoms with E-state index in [9.17, 15) is 22.8 Å². The summed E-state index contributed by atoms with van der Waals surface area (Å²) in [4.78, 5) is 22.6. The minimum Gasteiger partial charge on any atom is -0.497 e. The third-order valence-electron chi connectivity index (χ3n) is 3.09. The average Bonchev–Trinajstić information content (AvgIpc) is 2.52. The van der Waals surface area contributed by atoms with Crippen LogP contribution < -0.4 is 15.8 Å². The molecule has 0 saturated heterocycles. The highest BCUT2D eigenvalue weighted by molar-refractivity contribution is 5.95. The number of benzene rings is 1. The maximum absolute atomic E-state index is 12.9. The van der Waals surface area contributed by atoms with E-state index in [2.05, 4.69) is 5.73 Å². The Morgan fingerprint density at radius 2 is 1.88 bits per heavy atom. The number of rotatable bonds is 6. The Morgan fingerprint density at radius 1 is 1.29 bits per heavy atom.